The summed E-state index contributed by atoms with van der Waals surface area (Å²) in [7, 11) is 0. The third kappa shape index (κ3) is 46.3. The number of carbonyl (C=O) groups excluding carboxylic acids is 3. The van der Waals surface area contributed by atoms with Crippen LogP contribution in [0.1, 0.15) is 252 Å². The van der Waals surface area contributed by atoms with Crippen LogP contribution in [0.15, 0.2) is 48.6 Å². The molecule has 0 aromatic rings. The lowest BCUT2D eigenvalue weighted by Gasteiger charge is -2.18. The van der Waals surface area contributed by atoms with Gasteiger partial charge in [-0.15, -0.1) is 0 Å². The number of allylic oxidation sites excluding steroid dienone is 8. The fraction of sp³-hybridized carbons (Fsp3) is 0.792. The fourth-order valence-corrected chi connectivity index (χ4v) is 6.93. The van der Waals surface area contributed by atoms with E-state index < -0.39 is 6.10 Å². The largest absolute Gasteiger partial charge is 0.462 e. The minimum absolute atomic E-state index is 0.0849. The van der Waals surface area contributed by atoms with E-state index in [-0.39, 0.29) is 31.1 Å². The summed E-state index contributed by atoms with van der Waals surface area (Å²) in [4.78, 5) is 37.9. The van der Waals surface area contributed by atoms with E-state index in [0.717, 1.165) is 96.3 Å². The molecule has 0 aromatic carbocycles. The van der Waals surface area contributed by atoms with Crippen molar-refractivity contribution >= 4 is 17.9 Å². The Morgan fingerprint density at radius 1 is 0.339 bits per heavy atom. The predicted molar refractivity (Wildman–Crippen MR) is 252 cm³/mol. The van der Waals surface area contributed by atoms with E-state index in [9.17, 15) is 14.4 Å². The molecule has 0 fully saturated rings. The van der Waals surface area contributed by atoms with Gasteiger partial charge in [-0.05, 0) is 103 Å². The van der Waals surface area contributed by atoms with Crippen molar-refractivity contribution in [3.05, 3.63) is 48.6 Å². The number of esters is 3. The molecule has 0 aliphatic heterocycles. The molecular formula is C53H94O6. The first kappa shape index (κ1) is 56.4. The minimum atomic E-state index is -0.784. The average molecular weight is 827 g/mol. The first-order chi connectivity index (χ1) is 29.0. The highest BCUT2D eigenvalue weighted by molar-refractivity contribution is 5.71. The lowest BCUT2D eigenvalue weighted by Crippen LogP contribution is -2.30. The van der Waals surface area contributed by atoms with Crippen molar-refractivity contribution in [3.8, 4) is 0 Å². The maximum absolute atomic E-state index is 12.8. The number of hydrogen-bond donors (Lipinski definition) is 0. The lowest BCUT2D eigenvalue weighted by atomic mass is 10.1. The molecule has 6 nitrogen and oxygen atoms in total. The molecule has 0 saturated carbocycles. The summed E-state index contributed by atoms with van der Waals surface area (Å²) in [6.07, 6.45) is 56.6. The highest BCUT2D eigenvalue weighted by atomic mass is 16.6. The topological polar surface area (TPSA) is 78.9 Å². The van der Waals surface area contributed by atoms with Crippen molar-refractivity contribution in [2.45, 2.75) is 258 Å². The monoisotopic (exact) mass is 827 g/mol. The molecule has 0 spiro atoms. The molecule has 0 aliphatic rings. The molecule has 1 atom stereocenters. The summed E-state index contributed by atoms with van der Waals surface area (Å²) in [5, 5.41) is 0. The van der Waals surface area contributed by atoms with Gasteiger partial charge in [-0.2, -0.15) is 0 Å². The Kier molecular flexibility index (Phi) is 45.9. The van der Waals surface area contributed by atoms with Crippen molar-refractivity contribution in [1.29, 1.82) is 0 Å². The van der Waals surface area contributed by atoms with Gasteiger partial charge in [0.1, 0.15) is 13.2 Å². The number of hydrogen-bond acceptors (Lipinski definition) is 6. The molecule has 0 amide bonds. The van der Waals surface area contributed by atoms with E-state index in [1.807, 2.05) is 0 Å². The van der Waals surface area contributed by atoms with Crippen LogP contribution in [0.25, 0.3) is 0 Å². The van der Waals surface area contributed by atoms with Crippen LogP contribution in [0.3, 0.4) is 0 Å². The molecule has 59 heavy (non-hydrogen) atoms. The summed E-state index contributed by atoms with van der Waals surface area (Å²) in [6, 6.07) is 0. The van der Waals surface area contributed by atoms with E-state index in [0.29, 0.717) is 19.3 Å². The first-order valence-electron chi connectivity index (χ1n) is 25.1. The van der Waals surface area contributed by atoms with Gasteiger partial charge in [0.25, 0.3) is 0 Å². The number of ether oxygens (including phenoxy) is 3. The summed E-state index contributed by atoms with van der Waals surface area (Å²) in [6.45, 7) is 6.55. The smallest absolute Gasteiger partial charge is 0.306 e. The van der Waals surface area contributed by atoms with Gasteiger partial charge in [0.15, 0.2) is 6.10 Å². The van der Waals surface area contributed by atoms with Gasteiger partial charge in [-0.25, -0.2) is 0 Å². The van der Waals surface area contributed by atoms with Crippen LogP contribution in [-0.2, 0) is 28.6 Å². The van der Waals surface area contributed by atoms with Crippen LogP contribution in [0.5, 0.6) is 0 Å². The van der Waals surface area contributed by atoms with Crippen molar-refractivity contribution < 1.29 is 28.6 Å². The average Bonchev–Trinajstić information content (AvgIpc) is 3.23. The van der Waals surface area contributed by atoms with Crippen LogP contribution >= 0.6 is 0 Å². The third-order valence-corrected chi connectivity index (χ3v) is 10.8. The Morgan fingerprint density at radius 3 is 0.983 bits per heavy atom. The summed E-state index contributed by atoms with van der Waals surface area (Å²) >= 11 is 0. The molecule has 342 valence electrons. The molecule has 0 radical (unpaired) electrons. The summed E-state index contributed by atoms with van der Waals surface area (Å²) in [5.41, 5.74) is 0. The van der Waals surface area contributed by atoms with Gasteiger partial charge < -0.3 is 14.2 Å². The molecule has 0 rings (SSSR count). The predicted octanol–water partition coefficient (Wildman–Crippen LogP) is 16.3. The molecule has 0 unspecified atom stereocenters. The highest BCUT2D eigenvalue weighted by Gasteiger charge is 2.19. The van der Waals surface area contributed by atoms with Gasteiger partial charge >= 0.3 is 17.9 Å². The van der Waals surface area contributed by atoms with Crippen LogP contribution in [0.2, 0.25) is 0 Å². The van der Waals surface area contributed by atoms with Gasteiger partial charge in [0.2, 0.25) is 0 Å². The second kappa shape index (κ2) is 48.0. The minimum Gasteiger partial charge on any atom is -0.462 e. The highest BCUT2D eigenvalue weighted by Crippen LogP contribution is 2.14. The van der Waals surface area contributed by atoms with Crippen LogP contribution in [-0.4, -0.2) is 37.2 Å². The molecule has 0 bridgehead atoms. The van der Waals surface area contributed by atoms with Gasteiger partial charge in [-0.1, -0.05) is 179 Å². The molecule has 0 aromatic heterocycles. The van der Waals surface area contributed by atoms with Crippen LogP contribution in [0.4, 0.5) is 0 Å². The van der Waals surface area contributed by atoms with Crippen molar-refractivity contribution in [3.63, 3.8) is 0 Å². The van der Waals surface area contributed by atoms with E-state index in [4.69, 9.17) is 14.2 Å². The molecule has 0 heterocycles. The molecular weight excluding hydrogens is 733 g/mol. The Morgan fingerprint density at radius 2 is 0.610 bits per heavy atom. The molecule has 6 heteroatoms. The molecule has 0 aliphatic carbocycles. The summed E-state index contributed by atoms with van der Waals surface area (Å²) < 4.78 is 16.7. The quantitative estimate of drug-likeness (QED) is 0.0263. The van der Waals surface area contributed by atoms with Gasteiger partial charge in [0.05, 0.1) is 0 Å². The normalized spacial score (nSPS) is 12.4. The van der Waals surface area contributed by atoms with Crippen molar-refractivity contribution in [1.82, 2.24) is 0 Å². The van der Waals surface area contributed by atoms with E-state index in [1.165, 1.54) is 116 Å². The second-order valence-electron chi connectivity index (χ2n) is 16.7. The molecule has 0 N–H and O–H groups in total. The van der Waals surface area contributed by atoms with E-state index >= 15 is 0 Å². The maximum atomic E-state index is 12.8. The summed E-state index contributed by atoms with van der Waals surface area (Å²) in [5.74, 6) is -0.912. The number of carbonyl (C=O) groups is 3. The van der Waals surface area contributed by atoms with Crippen LogP contribution in [0, 0.1) is 0 Å². The van der Waals surface area contributed by atoms with Gasteiger partial charge in [-0.3, -0.25) is 14.4 Å². The van der Waals surface area contributed by atoms with Crippen molar-refractivity contribution in [2.75, 3.05) is 13.2 Å². The third-order valence-electron chi connectivity index (χ3n) is 10.8. The van der Waals surface area contributed by atoms with E-state index in [2.05, 4.69) is 69.4 Å². The zero-order valence-electron chi connectivity index (χ0n) is 39.0. The Balaban J connectivity index is 4.41. The molecule has 0 saturated heterocycles. The Bertz CT molecular complexity index is 1040. The van der Waals surface area contributed by atoms with Crippen LogP contribution < -0.4 is 0 Å². The maximum Gasteiger partial charge on any atom is 0.306 e. The lowest BCUT2D eigenvalue weighted by molar-refractivity contribution is -0.167. The van der Waals surface area contributed by atoms with Gasteiger partial charge in [0, 0.05) is 19.3 Å². The number of rotatable bonds is 45. The Labute approximate surface area is 365 Å². The zero-order chi connectivity index (χ0) is 43.0. The zero-order valence-corrected chi connectivity index (χ0v) is 39.0. The van der Waals surface area contributed by atoms with E-state index in [1.54, 1.807) is 0 Å². The van der Waals surface area contributed by atoms with Crippen molar-refractivity contribution in [2.24, 2.45) is 0 Å². The fourth-order valence-electron chi connectivity index (χ4n) is 6.93. The SMILES string of the molecule is CCCCC/C=C\C/C=C\CCCCCCCC(=O)OC[C@@H](COC(=O)CCCCCCC/C=C\CCCCC)OC(=O)CCCCCCC/C=C\CCCCCCC. The number of unbranched alkanes of at least 4 members (excludes halogenated alkanes) is 26. The first-order valence-corrected chi connectivity index (χ1v) is 25.1. The Hall–Kier alpha value is -2.63. The second-order valence-corrected chi connectivity index (χ2v) is 16.7. The standard InChI is InChI=1S/C53H94O6/c1-4-7-10-13-16-19-22-25-27-29-31-34-37-40-43-46-52(55)58-49-50(48-57-51(54)45-42-39-36-33-30-24-21-18-15-12-9-6-3)59-53(56)47-44-41-38-35-32-28-26-23-20-17-14-11-8-5-2/h16,18-19,21,23,25-27,50H,4-15,17,20,22,24,28-49H2,1-3H3/b19-16-,21-18-,26-23-,27-25-/t50-/m1/s1.